The molecule has 0 atom stereocenters. The van der Waals surface area contributed by atoms with E-state index in [-0.39, 0.29) is 5.91 Å². The summed E-state index contributed by atoms with van der Waals surface area (Å²) < 4.78 is 7.96. The maximum absolute atomic E-state index is 10.9. The van der Waals surface area contributed by atoms with Crippen molar-refractivity contribution in [3.63, 3.8) is 0 Å². The number of nitrogens with zero attached hydrogens (tertiary/aromatic N) is 1. The third-order valence-corrected chi connectivity index (χ3v) is 3.61. The Balaban J connectivity index is 1.80. The van der Waals surface area contributed by atoms with Crippen molar-refractivity contribution in [1.29, 1.82) is 0 Å². The van der Waals surface area contributed by atoms with Crippen molar-refractivity contribution in [1.82, 2.24) is 4.57 Å². The summed E-state index contributed by atoms with van der Waals surface area (Å²) in [5, 5.41) is 1.04. The number of carbonyl (C=O) groups excluding carboxylic acids is 1. The summed E-state index contributed by atoms with van der Waals surface area (Å²) in [4.78, 5) is 10.9. The van der Waals surface area contributed by atoms with Crippen molar-refractivity contribution in [3.05, 3.63) is 66.4 Å². The first-order valence-corrected chi connectivity index (χ1v) is 7.27. The minimum absolute atomic E-state index is 0.293. The van der Waals surface area contributed by atoms with E-state index in [4.69, 9.17) is 10.5 Å². The monoisotopic (exact) mass is 294 g/mol. The summed E-state index contributed by atoms with van der Waals surface area (Å²) in [5.41, 5.74) is 7.40. The molecule has 0 unspecified atom stereocenters. The van der Waals surface area contributed by atoms with Crippen molar-refractivity contribution < 1.29 is 9.53 Å². The van der Waals surface area contributed by atoms with Gasteiger partial charge in [0, 0.05) is 24.5 Å². The number of hydrogen-bond donors (Lipinski definition) is 1. The largest absolute Gasteiger partial charge is 0.488 e. The van der Waals surface area contributed by atoms with E-state index < -0.39 is 0 Å². The highest BCUT2D eigenvalue weighted by Crippen LogP contribution is 2.27. The molecule has 0 saturated heterocycles. The molecule has 2 aromatic carbocycles. The van der Waals surface area contributed by atoms with E-state index in [0.717, 1.165) is 22.2 Å². The lowest BCUT2D eigenvalue weighted by Gasteiger charge is -2.09. The first-order valence-electron chi connectivity index (χ1n) is 7.27. The molecule has 1 heterocycles. The minimum Gasteiger partial charge on any atom is -0.488 e. The Labute approximate surface area is 129 Å². The second-order valence-corrected chi connectivity index (χ2v) is 5.19. The van der Waals surface area contributed by atoms with Crippen molar-refractivity contribution >= 4 is 16.8 Å². The number of hydrogen-bond acceptors (Lipinski definition) is 2. The van der Waals surface area contributed by atoms with Gasteiger partial charge in [-0.3, -0.25) is 4.79 Å². The standard InChI is InChI=1S/C18H18N2O2/c19-18(21)10-12-20-11-9-15-16(20)7-4-8-17(15)22-13-14-5-2-1-3-6-14/h1-9,11H,10,12-13H2,(H2,19,21). The molecule has 0 aliphatic heterocycles. The lowest BCUT2D eigenvalue weighted by molar-refractivity contribution is -0.118. The first-order chi connectivity index (χ1) is 10.7. The maximum Gasteiger partial charge on any atom is 0.219 e. The van der Waals surface area contributed by atoms with Gasteiger partial charge in [0.15, 0.2) is 0 Å². The van der Waals surface area contributed by atoms with Gasteiger partial charge in [0.1, 0.15) is 12.4 Å². The molecule has 1 amide bonds. The van der Waals surface area contributed by atoms with E-state index in [1.807, 2.05) is 65.4 Å². The number of carbonyl (C=O) groups is 1. The molecule has 0 aliphatic carbocycles. The Morgan fingerprint density at radius 1 is 1.05 bits per heavy atom. The normalized spacial score (nSPS) is 10.7. The quantitative estimate of drug-likeness (QED) is 0.759. The molecule has 3 rings (SSSR count). The number of fused-ring (bicyclic) bond motifs is 1. The van der Waals surface area contributed by atoms with Gasteiger partial charge in [-0.1, -0.05) is 36.4 Å². The van der Waals surface area contributed by atoms with Crippen LogP contribution in [0, 0.1) is 0 Å². The number of amides is 1. The van der Waals surface area contributed by atoms with Gasteiger partial charge in [-0.2, -0.15) is 0 Å². The maximum atomic E-state index is 10.9. The van der Waals surface area contributed by atoms with Crippen LogP contribution in [0.3, 0.4) is 0 Å². The van der Waals surface area contributed by atoms with Crippen LogP contribution in [0.25, 0.3) is 10.9 Å². The molecule has 0 radical (unpaired) electrons. The van der Waals surface area contributed by atoms with Crippen LogP contribution in [0.4, 0.5) is 0 Å². The van der Waals surface area contributed by atoms with Gasteiger partial charge in [0.05, 0.1) is 5.52 Å². The molecule has 1 aromatic heterocycles. The average Bonchev–Trinajstić information content (AvgIpc) is 2.95. The zero-order chi connectivity index (χ0) is 15.4. The van der Waals surface area contributed by atoms with Gasteiger partial charge >= 0.3 is 0 Å². The summed E-state index contributed by atoms with van der Waals surface area (Å²) >= 11 is 0. The highest BCUT2D eigenvalue weighted by molar-refractivity contribution is 5.86. The van der Waals surface area contributed by atoms with Crippen LogP contribution in [0.1, 0.15) is 12.0 Å². The van der Waals surface area contributed by atoms with E-state index in [1.165, 1.54) is 0 Å². The SMILES string of the molecule is NC(=O)CCn1ccc2c(OCc3ccccc3)cccc21. The van der Waals surface area contributed by atoms with Gasteiger partial charge in [0.2, 0.25) is 5.91 Å². The van der Waals surface area contributed by atoms with Gasteiger partial charge < -0.3 is 15.0 Å². The van der Waals surface area contributed by atoms with Gasteiger partial charge in [-0.15, -0.1) is 0 Å². The van der Waals surface area contributed by atoms with Crippen LogP contribution in [0.2, 0.25) is 0 Å². The molecular formula is C18H18N2O2. The number of primary amides is 1. The van der Waals surface area contributed by atoms with Crippen LogP contribution in [0.15, 0.2) is 60.8 Å². The first kappa shape index (κ1) is 14.2. The molecule has 0 aliphatic rings. The predicted molar refractivity (Wildman–Crippen MR) is 86.5 cm³/mol. The fourth-order valence-corrected chi connectivity index (χ4v) is 2.48. The third-order valence-electron chi connectivity index (χ3n) is 3.61. The Hall–Kier alpha value is -2.75. The molecule has 112 valence electrons. The van der Waals surface area contributed by atoms with Gasteiger partial charge in [-0.05, 0) is 23.8 Å². The Bertz CT molecular complexity index is 778. The summed E-state index contributed by atoms with van der Waals surface area (Å²) in [6.45, 7) is 1.12. The molecule has 4 heteroatoms. The van der Waals surface area contributed by atoms with Crippen LogP contribution < -0.4 is 10.5 Å². The van der Waals surface area contributed by atoms with Crippen LogP contribution in [-0.4, -0.2) is 10.5 Å². The predicted octanol–water partition coefficient (Wildman–Crippen LogP) is 3.10. The molecule has 0 saturated carbocycles. The van der Waals surface area contributed by atoms with E-state index >= 15 is 0 Å². The highest BCUT2D eigenvalue weighted by atomic mass is 16.5. The zero-order valence-corrected chi connectivity index (χ0v) is 12.2. The average molecular weight is 294 g/mol. The summed E-state index contributed by atoms with van der Waals surface area (Å²) in [7, 11) is 0. The van der Waals surface area contributed by atoms with Crippen molar-refractivity contribution in [2.24, 2.45) is 5.73 Å². The third kappa shape index (κ3) is 3.11. The van der Waals surface area contributed by atoms with E-state index in [2.05, 4.69) is 0 Å². The van der Waals surface area contributed by atoms with E-state index in [1.54, 1.807) is 0 Å². The topological polar surface area (TPSA) is 57.2 Å². The molecular weight excluding hydrogens is 276 g/mol. The second kappa shape index (κ2) is 6.35. The Morgan fingerprint density at radius 2 is 1.86 bits per heavy atom. The number of nitrogens with two attached hydrogens (primary N) is 1. The Morgan fingerprint density at radius 3 is 2.64 bits per heavy atom. The number of aryl methyl sites for hydroxylation is 1. The molecule has 0 bridgehead atoms. The lowest BCUT2D eigenvalue weighted by atomic mass is 10.2. The molecule has 0 fully saturated rings. The smallest absolute Gasteiger partial charge is 0.219 e. The molecule has 3 aromatic rings. The fourth-order valence-electron chi connectivity index (χ4n) is 2.48. The lowest BCUT2D eigenvalue weighted by Crippen LogP contribution is -2.13. The number of benzene rings is 2. The summed E-state index contributed by atoms with van der Waals surface area (Å²) in [6.07, 6.45) is 2.29. The van der Waals surface area contributed by atoms with Crippen molar-refractivity contribution in [3.8, 4) is 5.75 Å². The second-order valence-electron chi connectivity index (χ2n) is 5.19. The molecule has 2 N–H and O–H groups in total. The molecule has 0 spiro atoms. The van der Waals surface area contributed by atoms with Crippen LogP contribution in [-0.2, 0) is 17.9 Å². The van der Waals surface area contributed by atoms with Crippen molar-refractivity contribution in [2.75, 3.05) is 0 Å². The molecule has 4 nitrogen and oxygen atoms in total. The summed E-state index contributed by atoms with van der Waals surface area (Å²) in [6, 6.07) is 18.0. The highest BCUT2D eigenvalue weighted by Gasteiger charge is 2.07. The van der Waals surface area contributed by atoms with E-state index in [0.29, 0.717) is 19.6 Å². The van der Waals surface area contributed by atoms with Crippen molar-refractivity contribution in [2.45, 2.75) is 19.6 Å². The zero-order valence-electron chi connectivity index (χ0n) is 12.2. The van der Waals surface area contributed by atoms with Gasteiger partial charge in [-0.25, -0.2) is 0 Å². The Kier molecular flexibility index (Phi) is 4.10. The van der Waals surface area contributed by atoms with Crippen LogP contribution >= 0.6 is 0 Å². The number of aromatic nitrogens is 1. The summed E-state index contributed by atoms with van der Waals surface area (Å²) in [5.74, 6) is 0.553. The molecule has 22 heavy (non-hydrogen) atoms. The number of ether oxygens (including phenoxy) is 1. The minimum atomic E-state index is -0.293. The fraction of sp³-hybridized carbons (Fsp3) is 0.167. The van der Waals surface area contributed by atoms with Gasteiger partial charge in [0.25, 0.3) is 0 Å². The van der Waals surface area contributed by atoms with E-state index in [9.17, 15) is 4.79 Å². The van der Waals surface area contributed by atoms with Crippen LogP contribution in [0.5, 0.6) is 5.75 Å². The number of rotatable bonds is 6.